The van der Waals surface area contributed by atoms with Gasteiger partial charge in [-0.1, -0.05) is 0 Å². The molecule has 0 saturated carbocycles. The van der Waals surface area contributed by atoms with Crippen LogP contribution in [0.1, 0.15) is 0 Å². The van der Waals surface area contributed by atoms with E-state index in [4.69, 9.17) is 5.11 Å². The number of hydrogen-bond acceptors (Lipinski definition) is 1. The molecule has 0 spiro atoms. The molecule has 0 amide bonds. The summed E-state index contributed by atoms with van der Waals surface area (Å²) in [6.45, 7) is 0. The number of phenols is 1. The Morgan fingerprint density at radius 3 is 2.22 bits per heavy atom. The van der Waals surface area contributed by atoms with Crippen molar-refractivity contribution in [3.8, 4) is 5.75 Å². The van der Waals surface area contributed by atoms with E-state index in [0.717, 1.165) is 5.69 Å². The van der Waals surface area contributed by atoms with E-state index < -0.39 is 0 Å². The van der Waals surface area contributed by atoms with Gasteiger partial charge in [-0.15, -0.1) is 7.05 Å². The molecule has 0 aliphatic rings. The van der Waals surface area contributed by atoms with E-state index in [1.165, 1.54) is 0 Å². The highest BCUT2D eigenvalue weighted by Crippen LogP contribution is 2.08. The molecule has 48 valence electrons. The van der Waals surface area contributed by atoms with Crippen LogP contribution in [0.4, 0.5) is 5.69 Å². The summed E-state index contributed by atoms with van der Waals surface area (Å²) in [5.41, 5.74) is 1.02. The second-order valence-corrected chi connectivity index (χ2v) is 1.80. The fourth-order valence-corrected chi connectivity index (χ4v) is 0.610. The van der Waals surface area contributed by atoms with Gasteiger partial charge in [-0.05, 0) is 12.1 Å². The number of phenolic OH excluding ortho intramolecular Hbond substituents is 1. The van der Waals surface area contributed by atoms with Crippen molar-refractivity contribution in [2.75, 3.05) is 0 Å². The van der Waals surface area contributed by atoms with Gasteiger partial charge in [-0.3, -0.25) is 0 Å². The zero-order valence-electron chi connectivity index (χ0n) is 5.04. The van der Waals surface area contributed by atoms with Crippen molar-refractivity contribution in [1.82, 2.24) is 0 Å². The minimum absolute atomic E-state index is 0.292. The van der Waals surface area contributed by atoms with E-state index in [1.54, 1.807) is 17.4 Å². The predicted octanol–water partition coefficient (Wildman–Crippen LogP) is 0.379. The minimum atomic E-state index is 0.292. The van der Waals surface area contributed by atoms with Crippen LogP contribution in [-0.2, 0) is 0 Å². The molecule has 9 heavy (non-hydrogen) atoms. The van der Waals surface area contributed by atoms with Crippen molar-refractivity contribution in [2.24, 2.45) is 0 Å². The second kappa shape index (κ2) is 2.51. The molecule has 0 heterocycles. The van der Waals surface area contributed by atoms with Gasteiger partial charge in [0.1, 0.15) is 11.4 Å². The monoisotopic (exact) mass is 123 g/mol. The first kappa shape index (κ1) is 6.11. The topological polar surface area (TPSA) is 36.8 Å². The summed E-state index contributed by atoms with van der Waals surface area (Å²) in [5, 5.41) is 10.6. The first-order chi connectivity index (χ1) is 4.33. The normalized spacial score (nSPS) is 9.44. The van der Waals surface area contributed by atoms with Crippen molar-refractivity contribution in [3.05, 3.63) is 31.3 Å². The van der Waals surface area contributed by atoms with E-state index >= 15 is 0 Å². The summed E-state index contributed by atoms with van der Waals surface area (Å²) in [6.07, 6.45) is 0. The lowest BCUT2D eigenvalue weighted by molar-refractivity contribution is -0.504. The van der Waals surface area contributed by atoms with Crippen molar-refractivity contribution >= 4 is 5.69 Å². The highest BCUT2D eigenvalue weighted by molar-refractivity contribution is 5.34. The van der Waals surface area contributed by atoms with Gasteiger partial charge in [-0.2, -0.15) is 0 Å². The quantitative estimate of drug-likeness (QED) is 0.316. The maximum atomic E-state index is 8.82. The van der Waals surface area contributed by atoms with Crippen molar-refractivity contribution in [1.29, 1.82) is 0 Å². The Morgan fingerprint density at radius 2 is 1.78 bits per heavy atom. The zero-order valence-corrected chi connectivity index (χ0v) is 5.04. The summed E-state index contributed by atoms with van der Waals surface area (Å²) in [4.78, 5) is 0. The Balaban J connectivity index is 2.88. The molecule has 0 unspecified atom stereocenters. The molecule has 0 radical (unpaired) electrons. The first-order valence-corrected chi connectivity index (χ1v) is 2.74. The summed E-state index contributed by atoms with van der Waals surface area (Å²) in [7, 11) is 3.58. The Kier molecular flexibility index (Phi) is 1.70. The van der Waals surface area contributed by atoms with Crippen LogP contribution in [0.25, 0.3) is 0 Å². The molecule has 1 aromatic carbocycles. The summed E-state index contributed by atoms with van der Waals surface area (Å²) < 4.78 is 0. The number of nitrogens with two attached hydrogens (primary N) is 1. The Hall–Kier alpha value is -1.02. The molecule has 0 saturated heterocycles. The van der Waals surface area contributed by atoms with Crippen LogP contribution in [0.3, 0.4) is 0 Å². The third-order valence-electron chi connectivity index (χ3n) is 1.13. The Morgan fingerprint density at radius 1 is 1.22 bits per heavy atom. The van der Waals surface area contributed by atoms with Crippen LogP contribution >= 0.6 is 0 Å². The molecule has 3 N–H and O–H groups in total. The maximum absolute atomic E-state index is 8.82. The molecule has 2 heteroatoms. The molecule has 0 atom stereocenters. The highest BCUT2D eigenvalue weighted by Gasteiger charge is 1.87. The molecule has 0 bridgehead atoms. The Labute approximate surface area is 54.1 Å². The van der Waals surface area contributed by atoms with E-state index in [9.17, 15) is 0 Å². The fourth-order valence-electron chi connectivity index (χ4n) is 0.610. The first-order valence-electron chi connectivity index (χ1n) is 2.74. The molecule has 0 aliphatic carbocycles. The van der Waals surface area contributed by atoms with Crippen molar-refractivity contribution in [2.45, 2.75) is 0 Å². The molecule has 2 nitrogen and oxygen atoms in total. The predicted molar refractivity (Wildman–Crippen MR) is 35.0 cm³/mol. The molecule has 0 aromatic heterocycles. The van der Waals surface area contributed by atoms with E-state index in [1.807, 2.05) is 12.1 Å². The van der Waals surface area contributed by atoms with Crippen LogP contribution in [0.5, 0.6) is 5.75 Å². The highest BCUT2D eigenvalue weighted by atomic mass is 16.3. The zero-order chi connectivity index (χ0) is 6.69. The average Bonchev–Trinajstić information content (AvgIpc) is 1.90. The maximum Gasteiger partial charge on any atom is 0.116 e. The van der Waals surface area contributed by atoms with E-state index in [2.05, 4.69) is 7.05 Å². The summed E-state index contributed by atoms with van der Waals surface area (Å²) >= 11 is 0. The molecule has 1 aromatic rings. The van der Waals surface area contributed by atoms with Crippen molar-refractivity contribution in [3.63, 3.8) is 0 Å². The fraction of sp³-hybridized carbons (Fsp3) is 0. The van der Waals surface area contributed by atoms with Crippen LogP contribution in [0.15, 0.2) is 24.3 Å². The number of aromatic hydroxyl groups is 1. The lowest BCUT2D eigenvalue weighted by Crippen LogP contribution is -2.69. The van der Waals surface area contributed by atoms with Crippen molar-refractivity contribution < 1.29 is 10.4 Å². The minimum Gasteiger partial charge on any atom is -0.508 e. The van der Waals surface area contributed by atoms with Crippen LogP contribution in [0, 0.1) is 7.05 Å². The average molecular weight is 123 g/mol. The van der Waals surface area contributed by atoms with Gasteiger partial charge < -0.3 is 10.4 Å². The number of quaternary nitrogens is 1. The largest absolute Gasteiger partial charge is 0.508 e. The third kappa shape index (κ3) is 1.44. The molecule has 0 aliphatic heterocycles. The molecule has 1 rings (SSSR count). The van der Waals surface area contributed by atoms with Gasteiger partial charge in [0, 0.05) is 12.1 Å². The Bertz CT molecular complexity index is 181. The van der Waals surface area contributed by atoms with Gasteiger partial charge >= 0.3 is 0 Å². The molecular formula is C7H9NO. The smallest absolute Gasteiger partial charge is 0.116 e. The van der Waals surface area contributed by atoms with Crippen LogP contribution in [-0.4, -0.2) is 5.11 Å². The standard InChI is InChI=1S/C7H9NO/c1-8-6-2-4-7(9)5-3-6/h2-5,9H,1,8H2. The molecular weight excluding hydrogens is 114 g/mol. The van der Waals surface area contributed by atoms with Crippen LogP contribution < -0.4 is 5.32 Å². The molecule has 0 fully saturated rings. The third-order valence-corrected chi connectivity index (χ3v) is 1.13. The van der Waals surface area contributed by atoms with Gasteiger partial charge in [0.15, 0.2) is 0 Å². The summed E-state index contributed by atoms with van der Waals surface area (Å²) in [6, 6.07) is 6.89. The van der Waals surface area contributed by atoms with E-state index in [-0.39, 0.29) is 0 Å². The number of rotatable bonds is 1. The lowest BCUT2D eigenvalue weighted by Gasteiger charge is -1.96. The second-order valence-electron chi connectivity index (χ2n) is 1.80. The van der Waals surface area contributed by atoms with E-state index in [0.29, 0.717) is 5.75 Å². The number of benzene rings is 1. The SMILES string of the molecule is [CH2-][NH2+]c1ccc(O)cc1. The number of hydrogen-bond donors (Lipinski definition) is 2. The van der Waals surface area contributed by atoms with Gasteiger partial charge in [-0.25, -0.2) is 0 Å². The van der Waals surface area contributed by atoms with Gasteiger partial charge in [0.05, 0.1) is 0 Å². The lowest BCUT2D eigenvalue weighted by atomic mass is 10.3. The summed E-state index contributed by atoms with van der Waals surface area (Å²) in [5.74, 6) is 0.292. The van der Waals surface area contributed by atoms with Gasteiger partial charge in [0.25, 0.3) is 0 Å². The van der Waals surface area contributed by atoms with Gasteiger partial charge in [0.2, 0.25) is 0 Å². The van der Waals surface area contributed by atoms with Crippen LogP contribution in [0.2, 0.25) is 0 Å².